The van der Waals surface area contributed by atoms with Gasteiger partial charge in [-0.2, -0.15) is 0 Å². The van der Waals surface area contributed by atoms with E-state index in [1.807, 2.05) is 60.7 Å². The van der Waals surface area contributed by atoms with Gasteiger partial charge in [0.2, 0.25) is 0 Å². The Balaban J connectivity index is 2.03. The molecule has 0 fully saturated rings. The monoisotopic (exact) mass is 284 g/mol. The first-order valence-corrected chi connectivity index (χ1v) is 7.18. The van der Waals surface area contributed by atoms with Crippen LogP contribution in [0.15, 0.2) is 78.9 Å². The average molecular weight is 284 g/mol. The maximum absolute atomic E-state index is 5.35. The lowest BCUT2D eigenvalue weighted by Crippen LogP contribution is -1.87. The molecule has 0 N–H and O–H groups in total. The van der Waals surface area contributed by atoms with Crippen LogP contribution in [0.2, 0.25) is 0 Å². The molecule has 0 saturated heterocycles. The molecule has 0 amide bonds. The number of hydrogen-bond donors (Lipinski definition) is 0. The Kier molecular flexibility index (Phi) is 4.22. The molecule has 106 valence electrons. The van der Waals surface area contributed by atoms with Crippen LogP contribution in [0, 0.1) is 11.8 Å². The third kappa shape index (κ3) is 3.02. The minimum Gasteiger partial charge on any atom is -0.495 e. The lowest BCUT2D eigenvalue weighted by Gasteiger charge is -2.04. The summed E-state index contributed by atoms with van der Waals surface area (Å²) < 4.78 is 5.35. The second kappa shape index (κ2) is 6.65. The van der Waals surface area contributed by atoms with Crippen LogP contribution in [0.3, 0.4) is 0 Å². The van der Waals surface area contributed by atoms with Crippen molar-refractivity contribution in [3.05, 3.63) is 90.0 Å². The Hall–Kier alpha value is -2.98. The highest BCUT2D eigenvalue weighted by molar-refractivity contribution is 5.71. The van der Waals surface area contributed by atoms with E-state index in [0.29, 0.717) is 0 Å². The van der Waals surface area contributed by atoms with Gasteiger partial charge in [0.1, 0.15) is 5.75 Å². The summed E-state index contributed by atoms with van der Waals surface area (Å²) in [7, 11) is 1.67. The Morgan fingerprint density at radius 1 is 0.636 bits per heavy atom. The molecule has 0 heterocycles. The highest BCUT2D eigenvalue weighted by atomic mass is 16.5. The Morgan fingerprint density at radius 3 is 2.00 bits per heavy atom. The summed E-state index contributed by atoms with van der Waals surface area (Å²) in [5, 5.41) is 0. The lowest BCUT2D eigenvalue weighted by molar-refractivity contribution is 0.413. The Labute approximate surface area is 131 Å². The summed E-state index contributed by atoms with van der Waals surface area (Å²) in [6.07, 6.45) is 0. The fourth-order valence-electron chi connectivity index (χ4n) is 2.34. The average Bonchev–Trinajstić information content (AvgIpc) is 2.61. The number of hydrogen-bond acceptors (Lipinski definition) is 1. The molecule has 0 aliphatic carbocycles. The number of rotatable bonds is 2. The standard InChI is InChI=1S/C21H16O/c1-22-21-14-8-6-12-19(21)16-15-18-11-5-7-13-20(18)17-9-3-2-4-10-17/h2-14H,1H3. The smallest absolute Gasteiger partial charge is 0.134 e. The molecule has 3 aromatic carbocycles. The first kappa shape index (κ1) is 14.0. The molecule has 0 aromatic heterocycles. The number of methoxy groups -OCH3 is 1. The van der Waals surface area contributed by atoms with Crippen LogP contribution in [0.4, 0.5) is 0 Å². The molecule has 1 heteroatoms. The lowest BCUT2D eigenvalue weighted by atomic mass is 10.00. The second-order valence-electron chi connectivity index (χ2n) is 4.86. The van der Waals surface area contributed by atoms with E-state index in [9.17, 15) is 0 Å². The topological polar surface area (TPSA) is 9.23 Å². The summed E-state index contributed by atoms with van der Waals surface area (Å²) in [5.74, 6) is 7.29. The van der Waals surface area contributed by atoms with Crippen molar-refractivity contribution >= 4 is 0 Å². The molecule has 0 spiro atoms. The quantitative estimate of drug-likeness (QED) is 0.616. The summed E-state index contributed by atoms with van der Waals surface area (Å²) in [6.45, 7) is 0. The highest BCUT2D eigenvalue weighted by Gasteiger charge is 2.02. The van der Waals surface area contributed by atoms with E-state index in [1.54, 1.807) is 7.11 Å². The van der Waals surface area contributed by atoms with Crippen LogP contribution >= 0.6 is 0 Å². The first-order chi connectivity index (χ1) is 10.9. The van der Waals surface area contributed by atoms with Crippen LogP contribution in [0.25, 0.3) is 11.1 Å². The summed E-state index contributed by atoms with van der Waals surface area (Å²) >= 11 is 0. The van der Waals surface area contributed by atoms with E-state index in [-0.39, 0.29) is 0 Å². The molecule has 3 aromatic rings. The molecule has 0 saturated carbocycles. The van der Waals surface area contributed by atoms with Crippen molar-refractivity contribution < 1.29 is 4.74 Å². The summed E-state index contributed by atoms with van der Waals surface area (Å²) in [6, 6.07) is 26.3. The van der Waals surface area contributed by atoms with Gasteiger partial charge in [-0.3, -0.25) is 0 Å². The third-order valence-electron chi connectivity index (χ3n) is 3.45. The van der Waals surface area contributed by atoms with Crippen molar-refractivity contribution in [1.29, 1.82) is 0 Å². The van der Waals surface area contributed by atoms with Gasteiger partial charge in [0.15, 0.2) is 0 Å². The molecule has 22 heavy (non-hydrogen) atoms. The van der Waals surface area contributed by atoms with Crippen molar-refractivity contribution in [2.75, 3.05) is 7.11 Å². The minimum atomic E-state index is 0.798. The predicted octanol–water partition coefficient (Wildman–Crippen LogP) is 4.76. The SMILES string of the molecule is COc1ccccc1C#Cc1ccccc1-c1ccccc1. The largest absolute Gasteiger partial charge is 0.495 e. The molecular weight excluding hydrogens is 268 g/mol. The first-order valence-electron chi connectivity index (χ1n) is 7.18. The van der Waals surface area contributed by atoms with Crippen molar-refractivity contribution in [2.45, 2.75) is 0 Å². The fourth-order valence-corrected chi connectivity index (χ4v) is 2.34. The van der Waals surface area contributed by atoms with Gasteiger partial charge in [0, 0.05) is 5.56 Å². The van der Waals surface area contributed by atoms with Crippen molar-refractivity contribution in [1.82, 2.24) is 0 Å². The molecule has 0 bridgehead atoms. The van der Waals surface area contributed by atoms with E-state index < -0.39 is 0 Å². The molecule has 1 nitrogen and oxygen atoms in total. The van der Waals surface area contributed by atoms with Crippen molar-refractivity contribution in [3.8, 4) is 28.7 Å². The molecule has 3 rings (SSSR count). The zero-order valence-electron chi connectivity index (χ0n) is 12.4. The van der Waals surface area contributed by atoms with E-state index in [1.165, 1.54) is 5.56 Å². The van der Waals surface area contributed by atoms with Gasteiger partial charge in [0.25, 0.3) is 0 Å². The number of para-hydroxylation sites is 1. The molecule has 0 atom stereocenters. The maximum atomic E-state index is 5.35. The predicted molar refractivity (Wildman–Crippen MR) is 90.9 cm³/mol. The van der Waals surface area contributed by atoms with Gasteiger partial charge in [0.05, 0.1) is 12.7 Å². The fraction of sp³-hybridized carbons (Fsp3) is 0.0476. The second-order valence-corrected chi connectivity index (χ2v) is 4.86. The van der Waals surface area contributed by atoms with Gasteiger partial charge in [-0.15, -0.1) is 0 Å². The van der Waals surface area contributed by atoms with E-state index in [4.69, 9.17) is 4.74 Å². The zero-order chi connectivity index (χ0) is 15.2. The zero-order valence-corrected chi connectivity index (χ0v) is 12.4. The molecular formula is C21H16O. The van der Waals surface area contributed by atoms with Crippen molar-refractivity contribution in [3.63, 3.8) is 0 Å². The molecule has 0 radical (unpaired) electrons. The normalized spacial score (nSPS) is 9.68. The van der Waals surface area contributed by atoms with Gasteiger partial charge in [-0.25, -0.2) is 0 Å². The van der Waals surface area contributed by atoms with E-state index in [0.717, 1.165) is 22.4 Å². The van der Waals surface area contributed by atoms with Crippen molar-refractivity contribution in [2.24, 2.45) is 0 Å². The highest BCUT2D eigenvalue weighted by Crippen LogP contribution is 2.23. The Bertz CT molecular complexity index is 823. The van der Waals surface area contributed by atoms with Crippen LogP contribution < -0.4 is 4.74 Å². The van der Waals surface area contributed by atoms with Crippen LogP contribution in [-0.2, 0) is 0 Å². The van der Waals surface area contributed by atoms with E-state index >= 15 is 0 Å². The van der Waals surface area contributed by atoms with Gasteiger partial charge in [-0.05, 0) is 29.3 Å². The van der Waals surface area contributed by atoms with Gasteiger partial charge >= 0.3 is 0 Å². The molecule has 0 aliphatic heterocycles. The van der Waals surface area contributed by atoms with E-state index in [2.05, 4.69) is 30.0 Å². The minimum absolute atomic E-state index is 0.798. The van der Waals surface area contributed by atoms with Crippen LogP contribution in [0.1, 0.15) is 11.1 Å². The third-order valence-corrected chi connectivity index (χ3v) is 3.45. The summed E-state index contributed by atoms with van der Waals surface area (Å²) in [5.41, 5.74) is 4.23. The summed E-state index contributed by atoms with van der Waals surface area (Å²) in [4.78, 5) is 0. The van der Waals surface area contributed by atoms with Crippen LogP contribution in [-0.4, -0.2) is 7.11 Å². The molecule has 0 aliphatic rings. The van der Waals surface area contributed by atoms with Gasteiger partial charge < -0.3 is 4.74 Å². The number of benzene rings is 3. The van der Waals surface area contributed by atoms with Gasteiger partial charge in [-0.1, -0.05) is 72.5 Å². The van der Waals surface area contributed by atoms with Crippen LogP contribution in [0.5, 0.6) is 5.75 Å². The number of ether oxygens (including phenoxy) is 1. The molecule has 0 unspecified atom stereocenters. The Morgan fingerprint density at radius 2 is 1.23 bits per heavy atom. The maximum Gasteiger partial charge on any atom is 0.134 e.